The Balaban J connectivity index is 2.50. The molecule has 0 saturated heterocycles. The first kappa shape index (κ1) is 10.5. The predicted octanol–water partition coefficient (Wildman–Crippen LogP) is 2.82. The SMILES string of the molecule is Cc1ccc(F)c(OCCCC#N)c1. The average Bonchev–Trinajstić information content (AvgIpc) is 2.18. The molecule has 0 spiro atoms. The van der Waals surface area contributed by atoms with Gasteiger partial charge in [0.05, 0.1) is 12.7 Å². The van der Waals surface area contributed by atoms with Crippen molar-refractivity contribution in [3.63, 3.8) is 0 Å². The number of unbranched alkanes of at least 4 members (excludes halogenated alkanes) is 1. The van der Waals surface area contributed by atoms with E-state index in [1.807, 2.05) is 13.0 Å². The summed E-state index contributed by atoms with van der Waals surface area (Å²) in [6.07, 6.45) is 1.07. The highest BCUT2D eigenvalue weighted by atomic mass is 19.1. The average molecular weight is 193 g/mol. The van der Waals surface area contributed by atoms with E-state index < -0.39 is 0 Å². The Morgan fingerprint density at radius 1 is 1.50 bits per heavy atom. The Labute approximate surface area is 82.9 Å². The molecule has 0 N–H and O–H groups in total. The minimum Gasteiger partial charge on any atom is -0.490 e. The number of rotatable bonds is 4. The standard InChI is InChI=1S/C11H12FNO/c1-9-4-5-10(12)11(8-9)14-7-3-2-6-13/h4-5,8H,2-3,7H2,1H3. The van der Waals surface area contributed by atoms with Gasteiger partial charge in [0.25, 0.3) is 0 Å². The largest absolute Gasteiger partial charge is 0.490 e. The number of benzene rings is 1. The first-order valence-electron chi connectivity index (χ1n) is 4.50. The summed E-state index contributed by atoms with van der Waals surface area (Å²) in [4.78, 5) is 0. The van der Waals surface area contributed by atoms with Crippen LogP contribution in [0.4, 0.5) is 4.39 Å². The third-order valence-electron chi connectivity index (χ3n) is 1.78. The number of aryl methyl sites for hydroxylation is 1. The summed E-state index contributed by atoms with van der Waals surface area (Å²) in [6.45, 7) is 2.26. The molecule has 0 aliphatic carbocycles. The number of halogens is 1. The van der Waals surface area contributed by atoms with Crippen LogP contribution in [0.1, 0.15) is 18.4 Å². The van der Waals surface area contributed by atoms with E-state index in [1.54, 1.807) is 12.1 Å². The van der Waals surface area contributed by atoms with Crippen molar-refractivity contribution in [3.05, 3.63) is 29.6 Å². The minimum atomic E-state index is -0.354. The minimum absolute atomic E-state index is 0.267. The van der Waals surface area contributed by atoms with Gasteiger partial charge in [0.15, 0.2) is 11.6 Å². The zero-order chi connectivity index (χ0) is 10.4. The topological polar surface area (TPSA) is 33.0 Å². The maximum Gasteiger partial charge on any atom is 0.165 e. The van der Waals surface area contributed by atoms with Gasteiger partial charge in [-0.05, 0) is 31.0 Å². The Bertz CT molecular complexity index is 344. The summed E-state index contributed by atoms with van der Waals surface area (Å²) in [7, 11) is 0. The summed E-state index contributed by atoms with van der Waals surface area (Å²) in [5, 5.41) is 8.28. The zero-order valence-electron chi connectivity index (χ0n) is 8.09. The van der Waals surface area contributed by atoms with Gasteiger partial charge in [-0.2, -0.15) is 5.26 Å². The predicted molar refractivity (Wildman–Crippen MR) is 51.5 cm³/mol. The first-order valence-corrected chi connectivity index (χ1v) is 4.50. The lowest BCUT2D eigenvalue weighted by molar-refractivity contribution is 0.297. The second-order valence-corrected chi connectivity index (χ2v) is 3.04. The molecule has 0 aliphatic heterocycles. The lowest BCUT2D eigenvalue weighted by atomic mass is 10.2. The second kappa shape index (κ2) is 5.23. The summed E-state index contributed by atoms with van der Waals surface area (Å²) >= 11 is 0. The fourth-order valence-electron chi connectivity index (χ4n) is 1.05. The molecule has 2 nitrogen and oxygen atoms in total. The van der Waals surface area contributed by atoms with Gasteiger partial charge in [-0.25, -0.2) is 4.39 Å². The van der Waals surface area contributed by atoms with Gasteiger partial charge in [0.2, 0.25) is 0 Å². The van der Waals surface area contributed by atoms with Crippen molar-refractivity contribution in [1.82, 2.24) is 0 Å². The summed E-state index contributed by atoms with van der Waals surface area (Å²) in [5.74, 6) is -0.0875. The molecule has 0 amide bonds. The molecular formula is C11H12FNO. The molecule has 3 heteroatoms. The molecule has 0 unspecified atom stereocenters. The van der Waals surface area contributed by atoms with E-state index in [4.69, 9.17) is 10.00 Å². The number of nitriles is 1. The quantitative estimate of drug-likeness (QED) is 0.689. The van der Waals surface area contributed by atoms with Crippen molar-refractivity contribution >= 4 is 0 Å². The molecule has 1 rings (SSSR count). The molecule has 0 atom stereocenters. The van der Waals surface area contributed by atoms with Crippen LogP contribution in [0.15, 0.2) is 18.2 Å². The van der Waals surface area contributed by atoms with Crippen molar-refractivity contribution in [2.45, 2.75) is 19.8 Å². The van der Waals surface area contributed by atoms with Crippen molar-refractivity contribution in [3.8, 4) is 11.8 Å². The van der Waals surface area contributed by atoms with Gasteiger partial charge in [-0.15, -0.1) is 0 Å². The molecule has 1 aromatic rings. The molecule has 0 heterocycles. The maximum absolute atomic E-state index is 13.1. The van der Waals surface area contributed by atoms with Gasteiger partial charge in [-0.1, -0.05) is 6.07 Å². The van der Waals surface area contributed by atoms with Crippen LogP contribution < -0.4 is 4.74 Å². The van der Waals surface area contributed by atoms with E-state index in [0.717, 1.165) is 5.56 Å². The van der Waals surface area contributed by atoms with Crippen molar-refractivity contribution in [2.75, 3.05) is 6.61 Å². The van der Waals surface area contributed by atoms with Crippen molar-refractivity contribution in [2.24, 2.45) is 0 Å². The number of nitrogens with zero attached hydrogens (tertiary/aromatic N) is 1. The van der Waals surface area contributed by atoms with Crippen LogP contribution >= 0.6 is 0 Å². The van der Waals surface area contributed by atoms with Gasteiger partial charge >= 0.3 is 0 Å². The number of ether oxygens (including phenoxy) is 1. The highest BCUT2D eigenvalue weighted by Gasteiger charge is 2.02. The van der Waals surface area contributed by atoms with Crippen LogP contribution in [0.3, 0.4) is 0 Å². The summed E-state index contributed by atoms with van der Waals surface area (Å²) < 4.78 is 18.3. The smallest absolute Gasteiger partial charge is 0.165 e. The zero-order valence-corrected chi connectivity index (χ0v) is 8.09. The Morgan fingerprint density at radius 2 is 2.29 bits per heavy atom. The lowest BCUT2D eigenvalue weighted by Gasteiger charge is -2.06. The molecule has 0 fully saturated rings. The third kappa shape index (κ3) is 3.06. The van der Waals surface area contributed by atoms with Crippen LogP contribution in [-0.2, 0) is 0 Å². The Hall–Kier alpha value is -1.56. The van der Waals surface area contributed by atoms with Crippen molar-refractivity contribution < 1.29 is 9.13 Å². The fraction of sp³-hybridized carbons (Fsp3) is 0.364. The van der Waals surface area contributed by atoms with Crippen LogP contribution in [0.25, 0.3) is 0 Å². The highest BCUT2D eigenvalue weighted by molar-refractivity contribution is 5.29. The fourth-order valence-corrected chi connectivity index (χ4v) is 1.05. The number of hydrogen-bond acceptors (Lipinski definition) is 2. The van der Waals surface area contributed by atoms with E-state index in [-0.39, 0.29) is 11.6 Å². The van der Waals surface area contributed by atoms with E-state index in [0.29, 0.717) is 19.4 Å². The summed E-state index contributed by atoms with van der Waals surface area (Å²) in [5.41, 5.74) is 0.960. The van der Waals surface area contributed by atoms with Crippen LogP contribution in [0.5, 0.6) is 5.75 Å². The van der Waals surface area contributed by atoms with Gasteiger partial charge < -0.3 is 4.74 Å². The molecule has 14 heavy (non-hydrogen) atoms. The van der Waals surface area contributed by atoms with Gasteiger partial charge in [-0.3, -0.25) is 0 Å². The maximum atomic E-state index is 13.1. The van der Waals surface area contributed by atoms with E-state index in [1.165, 1.54) is 6.07 Å². The van der Waals surface area contributed by atoms with Crippen LogP contribution in [0, 0.1) is 24.1 Å². The van der Waals surface area contributed by atoms with E-state index >= 15 is 0 Å². The molecule has 0 aromatic heterocycles. The number of hydrogen-bond donors (Lipinski definition) is 0. The second-order valence-electron chi connectivity index (χ2n) is 3.04. The van der Waals surface area contributed by atoms with Gasteiger partial charge in [0.1, 0.15) is 0 Å². The third-order valence-corrected chi connectivity index (χ3v) is 1.78. The Morgan fingerprint density at radius 3 is 3.00 bits per heavy atom. The lowest BCUT2D eigenvalue weighted by Crippen LogP contribution is -1.98. The van der Waals surface area contributed by atoms with E-state index in [2.05, 4.69) is 0 Å². The van der Waals surface area contributed by atoms with Crippen molar-refractivity contribution in [1.29, 1.82) is 5.26 Å². The molecule has 74 valence electrons. The molecular weight excluding hydrogens is 181 g/mol. The molecule has 1 aromatic carbocycles. The molecule has 0 radical (unpaired) electrons. The molecule has 0 bridgehead atoms. The Kier molecular flexibility index (Phi) is 3.93. The summed E-state index contributed by atoms with van der Waals surface area (Å²) in [6, 6.07) is 6.74. The van der Waals surface area contributed by atoms with Gasteiger partial charge in [0, 0.05) is 6.42 Å². The van der Waals surface area contributed by atoms with Crippen LogP contribution in [0.2, 0.25) is 0 Å². The van der Waals surface area contributed by atoms with E-state index in [9.17, 15) is 4.39 Å². The van der Waals surface area contributed by atoms with Crippen LogP contribution in [-0.4, -0.2) is 6.61 Å². The first-order chi connectivity index (χ1) is 6.74. The molecule has 0 aliphatic rings. The molecule has 0 saturated carbocycles. The monoisotopic (exact) mass is 193 g/mol. The normalized spacial score (nSPS) is 9.50. The highest BCUT2D eigenvalue weighted by Crippen LogP contribution is 2.18.